The monoisotopic (exact) mass is 459 g/mol. The van der Waals surface area contributed by atoms with E-state index in [4.69, 9.17) is 4.74 Å². The summed E-state index contributed by atoms with van der Waals surface area (Å²) in [6.45, 7) is 2.47. The van der Waals surface area contributed by atoms with Gasteiger partial charge >= 0.3 is 5.97 Å². The Labute approximate surface area is 196 Å². The second-order valence-corrected chi connectivity index (χ2v) is 9.75. The lowest BCUT2D eigenvalue weighted by molar-refractivity contribution is -0.140. The number of benzene rings is 2. The minimum absolute atomic E-state index is 0.0314. The van der Waals surface area contributed by atoms with E-state index < -0.39 is 17.5 Å². The number of aliphatic hydroxyl groups is 1. The van der Waals surface area contributed by atoms with Gasteiger partial charge in [-0.05, 0) is 66.6 Å². The number of carboxylic acids is 1. The molecular weight excluding hydrogens is 434 g/mol. The lowest BCUT2D eigenvalue weighted by Crippen LogP contribution is -2.46. The van der Waals surface area contributed by atoms with Crippen molar-refractivity contribution in [2.45, 2.75) is 44.3 Å². The van der Waals surface area contributed by atoms with E-state index in [-0.39, 0.29) is 6.42 Å². The first-order chi connectivity index (χ1) is 15.9. The van der Waals surface area contributed by atoms with Crippen LogP contribution in [0.2, 0.25) is 0 Å². The van der Waals surface area contributed by atoms with E-state index in [2.05, 4.69) is 34.6 Å². The van der Waals surface area contributed by atoms with Crippen molar-refractivity contribution in [1.29, 1.82) is 0 Å². The Kier molecular flexibility index (Phi) is 5.64. The van der Waals surface area contributed by atoms with Gasteiger partial charge in [0.1, 0.15) is 12.4 Å². The lowest BCUT2D eigenvalue weighted by Gasteiger charge is -2.45. The summed E-state index contributed by atoms with van der Waals surface area (Å²) in [5.41, 5.74) is 4.90. The molecule has 2 N–H and O–H groups in total. The predicted molar refractivity (Wildman–Crippen MR) is 130 cm³/mol. The summed E-state index contributed by atoms with van der Waals surface area (Å²) in [5.74, 6) is -0.107. The summed E-state index contributed by atoms with van der Waals surface area (Å²) in [5, 5.41) is 22.4. The fraction of sp³-hybridized carbons (Fsp3) is 0.259. The van der Waals surface area contributed by atoms with Gasteiger partial charge in [-0.15, -0.1) is 11.3 Å². The zero-order valence-corrected chi connectivity index (χ0v) is 19.1. The van der Waals surface area contributed by atoms with Crippen LogP contribution in [0.15, 0.2) is 66.2 Å². The fourth-order valence-electron chi connectivity index (χ4n) is 4.83. The van der Waals surface area contributed by atoms with Gasteiger partial charge in [0.25, 0.3) is 0 Å². The van der Waals surface area contributed by atoms with Gasteiger partial charge in [0.15, 0.2) is 0 Å². The molecule has 1 fully saturated rings. The predicted octanol–water partition coefficient (Wildman–Crippen LogP) is 5.72. The van der Waals surface area contributed by atoms with Crippen LogP contribution in [0.1, 0.15) is 36.1 Å². The summed E-state index contributed by atoms with van der Waals surface area (Å²) in [4.78, 5) is 15.7. The third-order valence-electron chi connectivity index (χ3n) is 6.55. The zero-order valence-electron chi connectivity index (χ0n) is 18.3. The molecule has 2 heterocycles. The number of nitrogens with zero attached hydrogens (tertiary/aromatic N) is 1. The minimum atomic E-state index is -0.841. The van der Waals surface area contributed by atoms with Gasteiger partial charge in [-0.3, -0.25) is 9.78 Å². The topological polar surface area (TPSA) is 79.7 Å². The maximum absolute atomic E-state index is 11.3. The van der Waals surface area contributed by atoms with Crippen LogP contribution in [0.25, 0.3) is 21.2 Å². The highest BCUT2D eigenvalue weighted by Crippen LogP contribution is 2.47. The van der Waals surface area contributed by atoms with Crippen LogP contribution < -0.4 is 4.74 Å². The number of hydrogen-bond donors (Lipinski definition) is 2. The summed E-state index contributed by atoms with van der Waals surface area (Å²) in [6, 6.07) is 18.1. The molecule has 0 spiro atoms. The van der Waals surface area contributed by atoms with Gasteiger partial charge in [0.05, 0.1) is 12.5 Å². The molecule has 4 aromatic rings. The van der Waals surface area contributed by atoms with Crippen LogP contribution in [0.4, 0.5) is 0 Å². The maximum atomic E-state index is 11.3. The van der Waals surface area contributed by atoms with E-state index in [9.17, 15) is 15.0 Å². The molecule has 0 radical (unpaired) electrons. The third-order valence-corrected chi connectivity index (χ3v) is 7.51. The average molecular weight is 460 g/mol. The molecule has 0 amide bonds. The zero-order chi connectivity index (χ0) is 23.0. The Bertz CT molecular complexity index is 1310. The summed E-state index contributed by atoms with van der Waals surface area (Å²) in [6.07, 6.45) is 2.39. The first-order valence-corrected chi connectivity index (χ1v) is 11.9. The largest absolute Gasteiger partial charge is 0.489 e. The number of carboxylic acid groups (broad SMARTS) is 1. The van der Waals surface area contributed by atoms with Gasteiger partial charge in [-0.25, -0.2) is 0 Å². The first kappa shape index (κ1) is 21.6. The number of ether oxygens (including phenoxy) is 1. The number of hydrogen-bond acceptors (Lipinski definition) is 5. The normalized spacial score (nSPS) is 19.9. The van der Waals surface area contributed by atoms with Crippen LogP contribution >= 0.6 is 11.3 Å². The molecule has 1 aliphatic rings. The Hall–Kier alpha value is -3.22. The summed E-state index contributed by atoms with van der Waals surface area (Å²) in [7, 11) is 0. The molecule has 0 unspecified atom stereocenters. The maximum Gasteiger partial charge on any atom is 0.304 e. The van der Waals surface area contributed by atoms with Gasteiger partial charge in [0, 0.05) is 38.5 Å². The molecule has 0 atom stereocenters. The number of aliphatic hydroxyl groups excluding tert-OH is 1. The summed E-state index contributed by atoms with van der Waals surface area (Å²) >= 11 is 1.73. The van der Waals surface area contributed by atoms with E-state index in [0.29, 0.717) is 19.4 Å². The fourth-order valence-corrected chi connectivity index (χ4v) is 5.77. The number of aromatic nitrogens is 1. The molecule has 5 nitrogen and oxygen atoms in total. The molecule has 1 aliphatic carbocycles. The van der Waals surface area contributed by atoms with Crippen molar-refractivity contribution < 1.29 is 19.7 Å². The van der Waals surface area contributed by atoms with Crippen molar-refractivity contribution in [2.24, 2.45) is 0 Å². The standard InChI is InChI=1S/C27H25NO4S/c1-17-22(3-2-10-28-17)24-16-33-25-9-4-18(11-23(24)25)15-32-21-7-5-19(6-8-21)27(14-26(30)31)12-20(29)13-27/h2-11,16,20,29H,12-15H2,1H3,(H,30,31)/t20-,27+. The van der Waals surface area contributed by atoms with Crippen molar-refractivity contribution >= 4 is 27.4 Å². The smallest absolute Gasteiger partial charge is 0.304 e. The first-order valence-electron chi connectivity index (χ1n) is 11.0. The number of aliphatic carboxylic acids is 1. The molecular formula is C27H25NO4S. The van der Waals surface area contributed by atoms with Gasteiger partial charge < -0.3 is 14.9 Å². The number of carbonyl (C=O) groups is 1. The highest BCUT2D eigenvalue weighted by Gasteiger charge is 2.46. The highest BCUT2D eigenvalue weighted by atomic mass is 32.1. The van der Waals surface area contributed by atoms with Gasteiger partial charge in [0.2, 0.25) is 0 Å². The minimum Gasteiger partial charge on any atom is -0.489 e. The number of thiophene rings is 1. The van der Waals surface area contributed by atoms with Gasteiger partial charge in [-0.1, -0.05) is 24.3 Å². The Morgan fingerprint density at radius 1 is 1.15 bits per heavy atom. The SMILES string of the molecule is Cc1ncccc1-c1csc2ccc(COc3ccc([C@]4(CC(=O)O)C[C@H](O)C4)cc3)cc12. The van der Waals surface area contributed by atoms with E-state index >= 15 is 0 Å². The third kappa shape index (κ3) is 4.24. The molecule has 0 bridgehead atoms. The van der Waals surface area contributed by atoms with E-state index in [1.807, 2.05) is 43.5 Å². The highest BCUT2D eigenvalue weighted by molar-refractivity contribution is 7.17. The Morgan fingerprint density at radius 3 is 2.64 bits per heavy atom. The van der Waals surface area contributed by atoms with Crippen LogP contribution in [0, 0.1) is 6.92 Å². The Morgan fingerprint density at radius 2 is 1.94 bits per heavy atom. The molecule has 2 aromatic carbocycles. The van der Waals surface area contributed by atoms with Crippen LogP contribution in [-0.4, -0.2) is 27.3 Å². The van der Waals surface area contributed by atoms with Crippen LogP contribution in [0.5, 0.6) is 5.75 Å². The number of rotatable bonds is 7. The second kappa shape index (κ2) is 8.61. The number of aryl methyl sites for hydroxylation is 1. The molecule has 2 aromatic heterocycles. The van der Waals surface area contributed by atoms with Crippen molar-refractivity contribution in [1.82, 2.24) is 4.98 Å². The van der Waals surface area contributed by atoms with Crippen LogP contribution in [-0.2, 0) is 16.8 Å². The van der Waals surface area contributed by atoms with Crippen LogP contribution in [0.3, 0.4) is 0 Å². The Balaban J connectivity index is 1.32. The van der Waals surface area contributed by atoms with E-state index in [0.717, 1.165) is 28.1 Å². The molecule has 6 heteroatoms. The number of pyridine rings is 1. The molecule has 168 valence electrons. The second-order valence-electron chi connectivity index (χ2n) is 8.84. The van der Waals surface area contributed by atoms with Crippen molar-refractivity contribution in [2.75, 3.05) is 0 Å². The van der Waals surface area contributed by atoms with Crippen molar-refractivity contribution in [3.63, 3.8) is 0 Å². The molecule has 5 rings (SSSR count). The van der Waals surface area contributed by atoms with E-state index in [1.54, 1.807) is 11.3 Å². The number of fused-ring (bicyclic) bond motifs is 1. The lowest BCUT2D eigenvalue weighted by atomic mass is 9.61. The van der Waals surface area contributed by atoms with Crippen molar-refractivity contribution in [3.8, 4) is 16.9 Å². The summed E-state index contributed by atoms with van der Waals surface area (Å²) < 4.78 is 7.26. The average Bonchev–Trinajstić information content (AvgIpc) is 3.20. The van der Waals surface area contributed by atoms with E-state index in [1.165, 1.54) is 15.6 Å². The molecule has 33 heavy (non-hydrogen) atoms. The molecule has 0 aliphatic heterocycles. The molecule has 1 saturated carbocycles. The molecule has 0 saturated heterocycles. The quantitative estimate of drug-likeness (QED) is 0.370. The van der Waals surface area contributed by atoms with Gasteiger partial charge in [-0.2, -0.15) is 0 Å². The van der Waals surface area contributed by atoms with Crippen molar-refractivity contribution in [3.05, 3.63) is 83.0 Å².